The van der Waals surface area contributed by atoms with Crippen LogP contribution in [-0.2, 0) is 16.6 Å². The second-order valence-corrected chi connectivity index (χ2v) is 4.99. The van der Waals surface area contributed by atoms with Crippen molar-refractivity contribution < 1.29 is 9.53 Å². The van der Waals surface area contributed by atoms with Gasteiger partial charge in [-0.2, -0.15) is 5.10 Å². The Hall–Kier alpha value is -1.56. The Bertz CT molecular complexity index is 437. The normalized spacial score (nSPS) is 31.6. The van der Waals surface area contributed by atoms with Gasteiger partial charge in [0.15, 0.2) is 5.82 Å². The Labute approximate surface area is 106 Å². The third-order valence-corrected chi connectivity index (χ3v) is 3.75. The molecule has 1 aliphatic heterocycles. The molecule has 6 nitrogen and oxygen atoms in total. The van der Waals surface area contributed by atoms with Gasteiger partial charge < -0.3 is 15.8 Å². The molecule has 0 aromatic carbocycles. The number of aryl methyl sites for hydroxylation is 1. The molecule has 4 unspecified atom stereocenters. The van der Waals surface area contributed by atoms with Gasteiger partial charge in [0.05, 0.1) is 30.0 Å². The minimum atomic E-state index is -0.158. The SMILES string of the molecule is CC1OC(C)C(C(=O)Nc2c(N)cnn2C)C1C. The number of carbonyl (C=O) groups is 1. The number of hydrogen-bond donors (Lipinski definition) is 2. The molecule has 1 aromatic heterocycles. The molecule has 18 heavy (non-hydrogen) atoms. The van der Waals surface area contributed by atoms with Crippen LogP contribution in [0.25, 0.3) is 0 Å². The number of anilines is 2. The lowest BCUT2D eigenvalue weighted by molar-refractivity contribution is -0.122. The van der Waals surface area contributed by atoms with Crippen molar-refractivity contribution >= 4 is 17.4 Å². The van der Waals surface area contributed by atoms with Crippen molar-refractivity contribution in [2.24, 2.45) is 18.9 Å². The molecule has 0 radical (unpaired) electrons. The molecular formula is C12H20N4O2. The number of ether oxygens (including phenoxy) is 1. The van der Waals surface area contributed by atoms with Gasteiger partial charge in [0.1, 0.15) is 0 Å². The van der Waals surface area contributed by atoms with E-state index >= 15 is 0 Å². The van der Waals surface area contributed by atoms with Crippen LogP contribution in [0.4, 0.5) is 11.5 Å². The van der Waals surface area contributed by atoms with Crippen LogP contribution in [0.2, 0.25) is 0 Å². The van der Waals surface area contributed by atoms with E-state index < -0.39 is 0 Å². The standard InChI is InChI=1S/C12H20N4O2/c1-6-7(2)18-8(3)10(6)12(17)15-11-9(13)5-14-16(11)4/h5-8,10H,13H2,1-4H3,(H,15,17). The largest absolute Gasteiger partial charge is 0.394 e. The summed E-state index contributed by atoms with van der Waals surface area (Å²) >= 11 is 0. The summed E-state index contributed by atoms with van der Waals surface area (Å²) in [5.41, 5.74) is 6.23. The molecule has 0 saturated carbocycles. The number of nitrogens with two attached hydrogens (primary N) is 1. The van der Waals surface area contributed by atoms with Gasteiger partial charge in [-0.3, -0.25) is 9.48 Å². The molecule has 1 fully saturated rings. The highest BCUT2D eigenvalue weighted by Crippen LogP contribution is 2.33. The number of nitrogens with one attached hydrogen (secondary N) is 1. The van der Waals surface area contributed by atoms with E-state index in [9.17, 15) is 4.79 Å². The van der Waals surface area contributed by atoms with Crippen molar-refractivity contribution in [3.05, 3.63) is 6.20 Å². The first kappa shape index (κ1) is 12.9. The van der Waals surface area contributed by atoms with E-state index in [1.165, 1.54) is 6.20 Å². The number of aromatic nitrogens is 2. The Morgan fingerprint density at radius 2 is 2.11 bits per heavy atom. The summed E-state index contributed by atoms with van der Waals surface area (Å²) in [5.74, 6) is 0.511. The van der Waals surface area contributed by atoms with E-state index in [4.69, 9.17) is 10.5 Å². The fourth-order valence-corrected chi connectivity index (χ4v) is 2.53. The number of nitrogen functional groups attached to an aromatic ring is 1. The molecule has 4 atom stereocenters. The van der Waals surface area contributed by atoms with Gasteiger partial charge in [0, 0.05) is 7.05 Å². The molecule has 2 rings (SSSR count). The van der Waals surface area contributed by atoms with Crippen LogP contribution in [0.5, 0.6) is 0 Å². The molecule has 1 saturated heterocycles. The monoisotopic (exact) mass is 252 g/mol. The number of rotatable bonds is 2. The first-order valence-electron chi connectivity index (χ1n) is 6.15. The van der Waals surface area contributed by atoms with Crippen molar-refractivity contribution in [1.82, 2.24) is 9.78 Å². The first-order valence-corrected chi connectivity index (χ1v) is 6.15. The van der Waals surface area contributed by atoms with Crippen LogP contribution < -0.4 is 11.1 Å². The van der Waals surface area contributed by atoms with E-state index in [2.05, 4.69) is 10.4 Å². The number of amides is 1. The minimum Gasteiger partial charge on any atom is -0.394 e. The second kappa shape index (κ2) is 4.61. The van der Waals surface area contributed by atoms with Crippen molar-refractivity contribution in [2.45, 2.75) is 33.0 Å². The maximum absolute atomic E-state index is 12.3. The molecule has 0 spiro atoms. The van der Waals surface area contributed by atoms with Crippen LogP contribution in [-0.4, -0.2) is 27.9 Å². The molecule has 6 heteroatoms. The highest BCUT2D eigenvalue weighted by atomic mass is 16.5. The molecule has 3 N–H and O–H groups in total. The summed E-state index contributed by atoms with van der Waals surface area (Å²) in [7, 11) is 1.74. The fraction of sp³-hybridized carbons (Fsp3) is 0.667. The van der Waals surface area contributed by atoms with E-state index in [0.29, 0.717) is 11.5 Å². The van der Waals surface area contributed by atoms with Crippen LogP contribution in [0.15, 0.2) is 6.20 Å². The number of nitrogens with zero attached hydrogens (tertiary/aromatic N) is 2. The van der Waals surface area contributed by atoms with Crippen molar-refractivity contribution in [2.75, 3.05) is 11.1 Å². The van der Waals surface area contributed by atoms with Crippen molar-refractivity contribution in [3.63, 3.8) is 0 Å². The van der Waals surface area contributed by atoms with Gasteiger partial charge in [0.2, 0.25) is 5.91 Å². The summed E-state index contributed by atoms with van der Waals surface area (Å²) in [6, 6.07) is 0. The van der Waals surface area contributed by atoms with Gasteiger partial charge in [-0.25, -0.2) is 0 Å². The topological polar surface area (TPSA) is 82.2 Å². The predicted octanol–water partition coefficient (Wildman–Crippen LogP) is 1.00. The van der Waals surface area contributed by atoms with Gasteiger partial charge in [-0.1, -0.05) is 6.92 Å². The zero-order chi connectivity index (χ0) is 13.4. The average Bonchev–Trinajstić information content (AvgIpc) is 2.73. The van der Waals surface area contributed by atoms with Crippen LogP contribution >= 0.6 is 0 Å². The molecule has 0 aliphatic carbocycles. The fourth-order valence-electron chi connectivity index (χ4n) is 2.53. The highest BCUT2D eigenvalue weighted by molar-refractivity contribution is 5.94. The summed E-state index contributed by atoms with van der Waals surface area (Å²) in [5, 5.41) is 6.83. The lowest BCUT2D eigenvalue weighted by Crippen LogP contribution is -2.32. The van der Waals surface area contributed by atoms with Gasteiger partial charge in [-0.15, -0.1) is 0 Å². The van der Waals surface area contributed by atoms with Crippen LogP contribution in [0, 0.1) is 11.8 Å². The van der Waals surface area contributed by atoms with E-state index in [0.717, 1.165) is 0 Å². The Morgan fingerprint density at radius 3 is 2.56 bits per heavy atom. The van der Waals surface area contributed by atoms with Crippen molar-refractivity contribution in [3.8, 4) is 0 Å². The van der Waals surface area contributed by atoms with Gasteiger partial charge in [-0.05, 0) is 19.8 Å². The maximum Gasteiger partial charge on any atom is 0.231 e. The van der Waals surface area contributed by atoms with E-state index in [1.807, 2.05) is 20.8 Å². The molecule has 1 aliphatic rings. The maximum atomic E-state index is 12.3. The van der Waals surface area contributed by atoms with Crippen LogP contribution in [0.3, 0.4) is 0 Å². The first-order chi connectivity index (χ1) is 8.41. The van der Waals surface area contributed by atoms with E-state index in [-0.39, 0.29) is 30.0 Å². The molecule has 1 amide bonds. The number of hydrogen-bond acceptors (Lipinski definition) is 4. The minimum absolute atomic E-state index is 0.0605. The summed E-state index contributed by atoms with van der Waals surface area (Å²) in [6.45, 7) is 5.95. The van der Waals surface area contributed by atoms with Gasteiger partial charge >= 0.3 is 0 Å². The lowest BCUT2D eigenvalue weighted by Gasteiger charge is -2.18. The molecular weight excluding hydrogens is 232 g/mol. The third kappa shape index (κ3) is 2.08. The summed E-state index contributed by atoms with van der Waals surface area (Å²) in [6.07, 6.45) is 1.54. The molecule has 1 aromatic rings. The number of carbonyl (C=O) groups excluding carboxylic acids is 1. The summed E-state index contributed by atoms with van der Waals surface area (Å²) in [4.78, 5) is 12.3. The molecule has 2 heterocycles. The zero-order valence-electron chi connectivity index (χ0n) is 11.2. The molecule has 100 valence electrons. The predicted molar refractivity (Wildman–Crippen MR) is 68.9 cm³/mol. The Balaban J connectivity index is 2.13. The quantitative estimate of drug-likeness (QED) is 0.822. The average molecular weight is 252 g/mol. The molecule has 0 bridgehead atoms. The summed E-state index contributed by atoms with van der Waals surface area (Å²) < 4.78 is 7.23. The van der Waals surface area contributed by atoms with Gasteiger partial charge in [0.25, 0.3) is 0 Å². The third-order valence-electron chi connectivity index (χ3n) is 3.75. The zero-order valence-corrected chi connectivity index (χ0v) is 11.2. The highest BCUT2D eigenvalue weighted by Gasteiger charge is 2.41. The smallest absolute Gasteiger partial charge is 0.231 e. The second-order valence-electron chi connectivity index (χ2n) is 4.99. The van der Waals surface area contributed by atoms with E-state index in [1.54, 1.807) is 11.7 Å². The van der Waals surface area contributed by atoms with Crippen LogP contribution in [0.1, 0.15) is 20.8 Å². The Kier molecular flexibility index (Phi) is 3.30. The Morgan fingerprint density at radius 1 is 1.44 bits per heavy atom. The lowest BCUT2D eigenvalue weighted by atomic mass is 9.89. The van der Waals surface area contributed by atoms with Crippen molar-refractivity contribution in [1.29, 1.82) is 0 Å².